The van der Waals surface area contributed by atoms with Crippen LogP contribution in [0.1, 0.15) is 5.69 Å². The lowest BCUT2D eigenvalue weighted by atomic mass is 10.1. The van der Waals surface area contributed by atoms with Gasteiger partial charge in [-0.2, -0.15) is 0 Å². The van der Waals surface area contributed by atoms with Gasteiger partial charge in [0.2, 0.25) is 0 Å². The molecule has 1 heterocycles. The second kappa shape index (κ2) is 3.46. The molecule has 0 spiro atoms. The number of para-hydroxylation sites is 1. The molecule has 70 valence electrons. The van der Waals surface area contributed by atoms with E-state index < -0.39 is 0 Å². The van der Waals surface area contributed by atoms with Crippen molar-refractivity contribution in [2.24, 2.45) is 0 Å². The zero-order valence-electron chi connectivity index (χ0n) is 7.94. The van der Waals surface area contributed by atoms with E-state index in [1.807, 2.05) is 37.3 Å². The zero-order valence-corrected chi connectivity index (χ0v) is 7.94. The van der Waals surface area contributed by atoms with E-state index in [9.17, 15) is 0 Å². The summed E-state index contributed by atoms with van der Waals surface area (Å²) < 4.78 is 0. The summed E-state index contributed by atoms with van der Waals surface area (Å²) >= 11 is 0. The van der Waals surface area contributed by atoms with Crippen LogP contribution in [0.15, 0.2) is 36.7 Å². The number of benzene rings is 1. The van der Waals surface area contributed by atoms with Gasteiger partial charge >= 0.3 is 0 Å². The first-order chi connectivity index (χ1) is 6.77. The fraction of sp³-hybridized carbons (Fsp3) is 0.0909. The van der Waals surface area contributed by atoms with Gasteiger partial charge in [-0.3, -0.25) is 0 Å². The van der Waals surface area contributed by atoms with Crippen LogP contribution in [-0.4, -0.2) is 9.97 Å². The molecule has 2 N–H and O–H groups in total. The van der Waals surface area contributed by atoms with E-state index in [1.165, 1.54) is 0 Å². The van der Waals surface area contributed by atoms with E-state index in [-0.39, 0.29) is 0 Å². The summed E-state index contributed by atoms with van der Waals surface area (Å²) in [5, 5.41) is 0. The highest BCUT2D eigenvalue weighted by Crippen LogP contribution is 2.22. The molecule has 0 radical (unpaired) electrons. The summed E-state index contributed by atoms with van der Waals surface area (Å²) in [5.74, 6) is 0. The third-order valence-electron chi connectivity index (χ3n) is 2.04. The molecule has 3 nitrogen and oxygen atoms in total. The normalized spacial score (nSPS) is 10.1. The first kappa shape index (κ1) is 8.69. The lowest BCUT2D eigenvalue weighted by Gasteiger charge is -2.04. The molecule has 0 unspecified atom stereocenters. The highest BCUT2D eigenvalue weighted by atomic mass is 14.8. The average molecular weight is 185 g/mol. The van der Waals surface area contributed by atoms with E-state index in [2.05, 4.69) is 9.97 Å². The molecule has 0 saturated heterocycles. The molecule has 0 bridgehead atoms. The fourth-order valence-electron chi connectivity index (χ4n) is 1.33. The van der Waals surface area contributed by atoms with Crippen LogP contribution in [0, 0.1) is 6.92 Å². The van der Waals surface area contributed by atoms with E-state index in [0.717, 1.165) is 22.6 Å². The maximum absolute atomic E-state index is 5.84. The largest absolute Gasteiger partial charge is 0.398 e. The molecule has 0 aliphatic rings. The Morgan fingerprint density at radius 3 is 2.64 bits per heavy atom. The Morgan fingerprint density at radius 2 is 1.93 bits per heavy atom. The van der Waals surface area contributed by atoms with Gasteiger partial charge in [0, 0.05) is 16.9 Å². The van der Waals surface area contributed by atoms with Crippen molar-refractivity contribution in [2.45, 2.75) is 6.92 Å². The molecule has 0 amide bonds. The van der Waals surface area contributed by atoms with Gasteiger partial charge in [0.15, 0.2) is 0 Å². The van der Waals surface area contributed by atoms with Crippen molar-refractivity contribution in [2.75, 3.05) is 5.73 Å². The monoisotopic (exact) mass is 185 g/mol. The zero-order chi connectivity index (χ0) is 9.97. The van der Waals surface area contributed by atoms with Gasteiger partial charge in [-0.05, 0) is 19.1 Å². The molecule has 14 heavy (non-hydrogen) atoms. The number of aromatic nitrogens is 2. The summed E-state index contributed by atoms with van der Waals surface area (Å²) in [6.45, 7) is 1.93. The number of nitrogen functional groups attached to an aromatic ring is 1. The second-order valence-electron chi connectivity index (χ2n) is 3.13. The van der Waals surface area contributed by atoms with Crippen LogP contribution in [0.2, 0.25) is 0 Å². The molecule has 3 heteroatoms. The maximum Gasteiger partial charge on any atom is 0.116 e. The van der Waals surface area contributed by atoms with Crippen molar-refractivity contribution in [3.05, 3.63) is 42.4 Å². The summed E-state index contributed by atoms with van der Waals surface area (Å²) in [4.78, 5) is 8.22. The molecule has 2 aromatic rings. The van der Waals surface area contributed by atoms with E-state index in [0.29, 0.717) is 0 Å². The summed E-state index contributed by atoms with van der Waals surface area (Å²) in [6, 6.07) is 9.60. The van der Waals surface area contributed by atoms with Crippen LogP contribution >= 0.6 is 0 Å². The van der Waals surface area contributed by atoms with Crippen LogP contribution in [0.4, 0.5) is 5.69 Å². The summed E-state index contributed by atoms with van der Waals surface area (Å²) in [5.41, 5.74) is 9.35. The molecule has 1 aromatic heterocycles. The van der Waals surface area contributed by atoms with Crippen LogP contribution in [-0.2, 0) is 0 Å². The maximum atomic E-state index is 5.84. The van der Waals surface area contributed by atoms with E-state index >= 15 is 0 Å². The molecule has 0 aliphatic carbocycles. The molecule has 2 rings (SSSR count). The summed E-state index contributed by atoms with van der Waals surface area (Å²) in [6.07, 6.45) is 1.55. The van der Waals surface area contributed by atoms with Gasteiger partial charge in [-0.1, -0.05) is 18.2 Å². The third-order valence-corrected chi connectivity index (χ3v) is 2.04. The van der Waals surface area contributed by atoms with E-state index in [4.69, 9.17) is 5.73 Å². The lowest BCUT2D eigenvalue weighted by Crippen LogP contribution is -1.92. The highest BCUT2D eigenvalue weighted by Gasteiger charge is 2.02. The van der Waals surface area contributed by atoms with Crippen LogP contribution in [0.5, 0.6) is 0 Å². The second-order valence-corrected chi connectivity index (χ2v) is 3.13. The standard InChI is InChI=1S/C11H11N3/c1-8-6-11(14-7-13-8)9-4-2-3-5-10(9)12/h2-7H,12H2,1H3. The number of nitrogens with zero attached hydrogens (tertiary/aromatic N) is 2. The van der Waals surface area contributed by atoms with E-state index in [1.54, 1.807) is 6.33 Å². The molecule has 1 aromatic carbocycles. The molecular formula is C11H11N3. The minimum atomic E-state index is 0.741. The Hall–Kier alpha value is -1.90. The molecule has 0 atom stereocenters. The first-order valence-corrected chi connectivity index (χ1v) is 4.41. The van der Waals surface area contributed by atoms with Crippen molar-refractivity contribution in [3.63, 3.8) is 0 Å². The number of anilines is 1. The van der Waals surface area contributed by atoms with Crippen LogP contribution in [0.25, 0.3) is 11.3 Å². The number of aryl methyl sites for hydroxylation is 1. The Labute approximate surface area is 82.6 Å². The SMILES string of the molecule is Cc1cc(-c2ccccc2N)ncn1. The number of rotatable bonds is 1. The van der Waals surface area contributed by atoms with Gasteiger partial charge in [0.25, 0.3) is 0 Å². The number of hydrogen-bond acceptors (Lipinski definition) is 3. The highest BCUT2D eigenvalue weighted by molar-refractivity contribution is 5.73. The molecule has 0 saturated carbocycles. The Balaban J connectivity index is 2.55. The predicted molar refractivity (Wildman–Crippen MR) is 56.6 cm³/mol. The van der Waals surface area contributed by atoms with Crippen molar-refractivity contribution in [1.29, 1.82) is 0 Å². The lowest BCUT2D eigenvalue weighted by molar-refractivity contribution is 1.11. The van der Waals surface area contributed by atoms with Crippen molar-refractivity contribution in [1.82, 2.24) is 9.97 Å². The average Bonchev–Trinajstić information content (AvgIpc) is 2.18. The first-order valence-electron chi connectivity index (χ1n) is 4.41. The van der Waals surface area contributed by atoms with Crippen LogP contribution < -0.4 is 5.73 Å². The Kier molecular flexibility index (Phi) is 2.14. The Morgan fingerprint density at radius 1 is 1.14 bits per heavy atom. The predicted octanol–water partition coefficient (Wildman–Crippen LogP) is 2.03. The molecule has 0 aliphatic heterocycles. The molecular weight excluding hydrogens is 174 g/mol. The van der Waals surface area contributed by atoms with Crippen molar-refractivity contribution in [3.8, 4) is 11.3 Å². The summed E-state index contributed by atoms with van der Waals surface area (Å²) in [7, 11) is 0. The number of nitrogens with two attached hydrogens (primary N) is 1. The minimum Gasteiger partial charge on any atom is -0.398 e. The quantitative estimate of drug-likeness (QED) is 0.691. The Bertz CT molecular complexity index is 452. The van der Waals surface area contributed by atoms with Crippen LogP contribution in [0.3, 0.4) is 0 Å². The van der Waals surface area contributed by atoms with Gasteiger partial charge in [-0.25, -0.2) is 9.97 Å². The minimum absolute atomic E-state index is 0.741. The van der Waals surface area contributed by atoms with Gasteiger partial charge in [0.1, 0.15) is 6.33 Å². The van der Waals surface area contributed by atoms with Crippen molar-refractivity contribution >= 4 is 5.69 Å². The smallest absolute Gasteiger partial charge is 0.116 e. The molecule has 0 fully saturated rings. The van der Waals surface area contributed by atoms with Crippen molar-refractivity contribution < 1.29 is 0 Å². The fourth-order valence-corrected chi connectivity index (χ4v) is 1.33. The third kappa shape index (κ3) is 1.57. The van der Waals surface area contributed by atoms with Gasteiger partial charge in [-0.15, -0.1) is 0 Å². The topological polar surface area (TPSA) is 51.8 Å². The van der Waals surface area contributed by atoms with Gasteiger partial charge < -0.3 is 5.73 Å². The van der Waals surface area contributed by atoms with Gasteiger partial charge in [0.05, 0.1) is 5.69 Å². The number of hydrogen-bond donors (Lipinski definition) is 1.